The van der Waals surface area contributed by atoms with E-state index in [4.69, 9.17) is 4.74 Å². The second-order valence-electron chi connectivity index (χ2n) is 8.82. The Hall–Kier alpha value is -3.46. The molecular weight excluding hydrogens is 442 g/mol. The van der Waals surface area contributed by atoms with Crippen molar-refractivity contribution in [3.63, 3.8) is 0 Å². The van der Waals surface area contributed by atoms with Crippen LogP contribution in [0.2, 0.25) is 0 Å². The van der Waals surface area contributed by atoms with E-state index in [1.54, 1.807) is 16.9 Å². The number of nitrogens with zero attached hydrogens (tertiary/aromatic N) is 3. The van der Waals surface area contributed by atoms with Crippen molar-refractivity contribution in [3.05, 3.63) is 60.2 Å². The molecule has 2 aromatic carbocycles. The van der Waals surface area contributed by atoms with E-state index in [0.717, 1.165) is 23.2 Å². The van der Waals surface area contributed by atoms with Crippen LogP contribution in [0.5, 0.6) is 11.5 Å². The number of fused-ring (bicyclic) bond motifs is 1. The zero-order valence-electron chi connectivity index (χ0n) is 18.7. The van der Waals surface area contributed by atoms with Crippen LogP contribution in [0.3, 0.4) is 0 Å². The van der Waals surface area contributed by atoms with Gasteiger partial charge in [0.2, 0.25) is 0 Å². The Bertz CT molecular complexity index is 1200. The summed E-state index contributed by atoms with van der Waals surface area (Å²) >= 11 is 0. The van der Waals surface area contributed by atoms with Crippen LogP contribution in [0.15, 0.2) is 48.8 Å². The summed E-state index contributed by atoms with van der Waals surface area (Å²) in [5, 5.41) is 17.3. The molecule has 0 spiro atoms. The van der Waals surface area contributed by atoms with Gasteiger partial charge in [0.25, 0.3) is 0 Å². The van der Waals surface area contributed by atoms with Gasteiger partial charge in [0, 0.05) is 35.5 Å². The number of alkyl halides is 1. The average molecular weight is 469 g/mol. The van der Waals surface area contributed by atoms with Gasteiger partial charge in [-0.25, -0.2) is 13.6 Å². The van der Waals surface area contributed by atoms with Crippen LogP contribution in [0, 0.1) is 5.82 Å². The largest absolute Gasteiger partial charge is 0.465 e. The maximum Gasteiger partial charge on any atom is 0.412 e. The lowest BCUT2D eigenvalue weighted by Crippen LogP contribution is -2.41. The SMILES string of the molecule is C[C@H]1CCc2c(ccc(-c3cnn([C@@H]4CCNC[C@@H]4F)c3)c2Oc2ccc(F)cc2)N1C(=O)O. The highest BCUT2D eigenvalue weighted by atomic mass is 19.1. The lowest BCUT2D eigenvalue weighted by atomic mass is 9.92. The summed E-state index contributed by atoms with van der Waals surface area (Å²) < 4.78 is 35.9. The number of nitrogens with one attached hydrogen (secondary N) is 1. The fraction of sp³-hybridized carbons (Fsp3) is 0.360. The molecule has 0 aliphatic carbocycles. The minimum Gasteiger partial charge on any atom is -0.465 e. The number of rotatable bonds is 4. The number of carbonyl (C=O) groups is 1. The Morgan fingerprint density at radius 1 is 1.21 bits per heavy atom. The maximum atomic E-state index is 14.5. The van der Waals surface area contributed by atoms with Crippen LogP contribution in [-0.4, -0.2) is 46.3 Å². The highest BCUT2D eigenvalue weighted by Gasteiger charge is 2.32. The number of ether oxygens (including phenoxy) is 1. The van der Waals surface area contributed by atoms with Crippen LogP contribution in [-0.2, 0) is 6.42 Å². The number of amides is 1. The fourth-order valence-corrected chi connectivity index (χ4v) is 4.82. The van der Waals surface area contributed by atoms with Gasteiger partial charge in [-0.15, -0.1) is 0 Å². The Balaban J connectivity index is 1.60. The third-order valence-electron chi connectivity index (χ3n) is 6.61. The van der Waals surface area contributed by atoms with Crippen molar-refractivity contribution in [1.82, 2.24) is 15.1 Å². The molecule has 0 radical (unpaired) electrons. The zero-order valence-corrected chi connectivity index (χ0v) is 18.7. The van der Waals surface area contributed by atoms with Crippen molar-refractivity contribution in [2.75, 3.05) is 18.0 Å². The van der Waals surface area contributed by atoms with Gasteiger partial charge in [0.1, 0.15) is 23.5 Å². The van der Waals surface area contributed by atoms with E-state index < -0.39 is 12.3 Å². The Morgan fingerprint density at radius 2 is 2.00 bits per heavy atom. The molecule has 178 valence electrons. The van der Waals surface area contributed by atoms with Crippen LogP contribution in [0.25, 0.3) is 11.1 Å². The van der Waals surface area contributed by atoms with Crippen molar-refractivity contribution in [2.45, 2.75) is 44.4 Å². The Labute approximate surface area is 196 Å². The molecule has 5 rings (SSSR count). The van der Waals surface area contributed by atoms with Gasteiger partial charge < -0.3 is 15.2 Å². The zero-order chi connectivity index (χ0) is 23.8. The second kappa shape index (κ2) is 9.06. The highest BCUT2D eigenvalue weighted by molar-refractivity contribution is 5.91. The monoisotopic (exact) mass is 468 g/mol. The highest BCUT2D eigenvalue weighted by Crippen LogP contribution is 2.45. The number of halogens is 2. The normalized spacial score (nSPS) is 22.3. The van der Waals surface area contributed by atoms with E-state index in [2.05, 4.69) is 10.4 Å². The van der Waals surface area contributed by atoms with Gasteiger partial charge in [0.05, 0.1) is 17.9 Å². The summed E-state index contributed by atoms with van der Waals surface area (Å²) in [6.07, 6.45) is 3.32. The number of anilines is 1. The molecule has 1 amide bonds. The number of hydrogen-bond donors (Lipinski definition) is 2. The summed E-state index contributed by atoms with van der Waals surface area (Å²) in [4.78, 5) is 13.3. The van der Waals surface area contributed by atoms with E-state index in [0.29, 0.717) is 43.0 Å². The third kappa shape index (κ3) is 4.11. The minimum atomic E-state index is -1.04. The van der Waals surface area contributed by atoms with E-state index in [-0.39, 0.29) is 17.9 Å². The first kappa shape index (κ1) is 22.3. The summed E-state index contributed by atoms with van der Waals surface area (Å²) in [6, 6.07) is 8.76. The van der Waals surface area contributed by atoms with Crippen molar-refractivity contribution in [3.8, 4) is 22.6 Å². The van der Waals surface area contributed by atoms with Crippen molar-refractivity contribution >= 4 is 11.8 Å². The van der Waals surface area contributed by atoms with Crippen molar-refractivity contribution < 1.29 is 23.4 Å². The summed E-state index contributed by atoms with van der Waals surface area (Å²) in [5.74, 6) is 0.563. The van der Waals surface area contributed by atoms with Gasteiger partial charge in [-0.3, -0.25) is 9.58 Å². The van der Waals surface area contributed by atoms with E-state index in [1.807, 2.05) is 19.2 Å². The average Bonchev–Trinajstić information content (AvgIpc) is 3.30. The second-order valence-corrected chi connectivity index (χ2v) is 8.82. The van der Waals surface area contributed by atoms with Crippen molar-refractivity contribution in [2.24, 2.45) is 0 Å². The summed E-state index contributed by atoms with van der Waals surface area (Å²) in [5.41, 5.74) is 2.80. The smallest absolute Gasteiger partial charge is 0.412 e. The fourth-order valence-electron chi connectivity index (χ4n) is 4.82. The Morgan fingerprint density at radius 3 is 2.74 bits per heavy atom. The molecular formula is C25H26F2N4O3. The standard InChI is InChI=1S/C25H26F2N4O3/c1-15-2-7-20-22(31(15)25(32)33)9-8-19(24(20)34-18-5-3-17(26)4-6-18)16-12-29-30(14-16)23-10-11-28-13-21(23)27/h3-6,8-9,12,14-15,21,23,28H,2,7,10-11,13H2,1H3,(H,32,33)/t15-,21-,23+/m0/s1. The molecule has 0 saturated carbocycles. The van der Waals surface area contributed by atoms with Gasteiger partial charge in [-0.05, 0) is 69.1 Å². The third-order valence-corrected chi connectivity index (χ3v) is 6.61. The molecule has 3 aromatic rings. The molecule has 9 heteroatoms. The molecule has 0 unspecified atom stereocenters. The molecule has 2 aliphatic rings. The lowest BCUT2D eigenvalue weighted by molar-refractivity contribution is 0.173. The number of aromatic nitrogens is 2. The van der Waals surface area contributed by atoms with Crippen LogP contribution in [0.1, 0.15) is 31.4 Å². The predicted molar refractivity (Wildman–Crippen MR) is 124 cm³/mol. The molecule has 1 aromatic heterocycles. The molecule has 1 saturated heterocycles. The first-order valence-electron chi connectivity index (χ1n) is 11.4. The van der Waals surface area contributed by atoms with E-state index in [9.17, 15) is 18.7 Å². The quantitative estimate of drug-likeness (QED) is 0.552. The molecule has 7 nitrogen and oxygen atoms in total. The van der Waals surface area contributed by atoms with E-state index >= 15 is 0 Å². The molecule has 3 heterocycles. The first-order valence-corrected chi connectivity index (χ1v) is 11.4. The Kier molecular flexibility index (Phi) is 5.95. The van der Waals surface area contributed by atoms with Gasteiger partial charge >= 0.3 is 6.09 Å². The minimum absolute atomic E-state index is 0.168. The van der Waals surface area contributed by atoms with Crippen LogP contribution in [0.4, 0.5) is 19.3 Å². The number of hydrogen-bond acceptors (Lipinski definition) is 4. The van der Waals surface area contributed by atoms with Gasteiger partial charge in [-0.1, -0.05) is 0 Å². The van der Waals surface area contributed by atoms with Crippen LogP contribution >= 0.6 is 0 Å². The topological polar surface area (TPSA) is 79.6 Å². The predicted octanol–water partition coefficient (Wildman–Crippen LogP) is 5.17. The molecule has 34 heavy (non-hydrogen) atoms. The number of carboxylic acid groups (broad SMARTS) is 1. The van der Waals surface area contributed by atoms with Gasteiger partial charge in [-0.2, -0.15) is 5.10 Å². The summed E-state index contributed by atoms with van der Waals surface area (Å²) in [7, 11) is 0. The molecule has 0 bridgehead atoms. The number of piperidine rings is 1. The lowest BCUT2D eigenvalue weighted by Gasteiger charge is -2.34. The number of benzene rings is 2. The molecule has 1 fully saturated rings. The molecule has 3 atom stereocenters. The summed E-state index contributed by atoms with van der Waals surface area (Å²) in [6.45, 7) is 2.89. The van der Waals surface area contributed by atoms with Crippen LogP contribution < -0.4 is 15.0 Å². The maximum absolute atomic E-state index is 14.5. The first-order chi connectivity index (χ1) is 16.4. The molecule has 2 aliphatic heterocycles. The van der Waals surface area contributed by atoms with E-state index in [1.165, 1.54) is 29.2 Å². The molecule has 2 N–H and O–H groups in total. The van der Waals surface area contributed by atoms with Crippen molar-refractivity contribution in [1.29, 1.82) is 0 Å². The van der Waals surface area contributed by atoms with Gasteiger partial charge in [0.15, 0.2) is 0 Å².